The molecule has 9 nitrogen and oxygen atoms in total. The lowest BCUT2D eigenvalue weighted by atomic mass is 10.0. The van der Waals surface area contributed by atoms with Gasteiger partial charge in [-0.05, 0) is 48.5 Å². The Balaban J connectivity index is 1.37. The summed E-state index contributed by atoms with van der Waals surface area (Å²) in [5, 5.41) is 15.2. The zero-order chi connectivity index (χ0) is 25.6. The summed E-state index contributed by atoms with van der Waals surface area (Å²) in [5.41, 5.74) is 13.1. The van der Waals surface area contributed by atoms with Gasteiger partial charge in [-0.25, -0.2) is 0 Å². The SMILES string of the molecule is COc1ccc(CNc2ccc(C#N)c(-c3cc4c(cn3)NNN4CCc3ccccn3)c2)c(OC)c1. The van der Waals surface area contributed by atoms with E-state index >= 15 is 0 Å². The molecule has 0 spiro atoms. The molecule has 1 aliphatic rings. The fourth-order valence-corrected chi connectivity index (χ4v) is 4.21. The largest absolute Gasteiger partial charge is 0.497 e. The third kappa shape index (κ3) is 5.24. The Kier molecular flexibility index (Phi) is 7.01. The van der Waals surface area contributed by atoms with E-state index in [4.69, 9.17) is 9.47 Å². The van der Waals surface area contributed by atoms with Crippen LogP contribution in [0.3, 0.4) is 0 Å². The Labute approximate surface area is 215 Å². The molecule has 2 aromatic heterocycles. The van der Waals surface area contributed by atoms with Gasteiger partial charge in [0, 0.05) is 54.3 Å². The van der Waals surface area contributed by atoms with Crippen molar-refractivity contribution in [3.05, 3.63) is 89.9 Å². The molecule has 5 rings (SSSR count). The average molecular weight is 494 g/mol. The van der Waals surface area contributed by atoms with E-state index in [-0.39, 0.29) is 0 Å². The minimum atomic E-state index is 0.547. The number of aromatic nitrogens is 2. The van der Waals surface area contributed by atoms with Crippen molar-refractivity contribution in [3.8, 4) is 28.8 Å². The van der Waals surface area contributed by atoms with E-state index in [9.17, 15) is 5.26 Å². The number of nitrogens with one attached hydrogen (secondary N) is 3. The number of nitriles is 1. The number of nitrogens with zero attached hydrogens (tertiary/aromatic N) is 4. The van der Waals surface area contributed by atoms with Gasteiger partial charge in [-0.15, -0.1) is 5.53 Å². The van der Waals surface area contributed by atoms with Crippen LogP contribution >= 0.6 is 0 Å². The third-order valence-electron chi connectivity index (χ3n) is 6.21. The normalized spacial score (nSPS) is 11.9. The molecule has 37 heavy (non-hydrogen) atoms. The van der Waals surface area contributed by atoms with Crippen LogP contribution in [0.5, 0.6) is 11.5 Å². The zero-order valence-corrected chi connectivity index (χ0v) is 20.7. The summed E-state index contributed by atoms with van der Waals surface area (Å²) >= 11 is 0. The molecule has 3 heterocycles. The van der Waals surface area contributed by atoms with Crippen molar-refractivity contribution in [1.29, 1.82) is 5.26 Å². The second kappa shape index (κ2) is 10.8. The maximum Gasteiger partial charge on any atom is 0.127 e. The lowest BCUT2D eigenvalue weighted by molar-refractivity contribution is 0.391. The van der Waals surface area contributed by atoms with Crippen LogP contribution in [0.1, 0.15) is 16.8 Å². The van der Waals surface area contributed by atoms with Gasteiger partial charge >= 0.3 is 0 Å². The molecule has 2 aromatic carbocycles. The minimum Gasteiger partial charge on any atom is -0.497 e. The summed E-state index contributed by atoms with van der Waals surface area (Å²) in [5.74, 6) is 1.48. The zero-order valence-electron chi connectivity index (χ0n) is 20.7. The monoisotopic (exact) mass is 493 g/mol. The van der Waals surface area contributed by atoms with Crippen LogP contribution in [0.2, 0.25) is 0 Å². The lowest BCUT2D eigenvalue weighted by Gasteiger charge is -2.18. The Morgan fingerprint density at radius 2 is 1.95 bits per heavy atom. The molecule has 0 fully saturated rings. The van der Waals surface area contributed by atoms with Crippen molar-refractivity contribution in [2.24, 2.45) is 0 Å². The highest BCUT2D eigenvalue weighted by molar-refractivity contribution is 5.80. The van der Waals surface area contributed by atoms with Crippen molar-refractivity contribution >= 4 is 17.1 Å². The topological polar surface area (TPSA) is 107 Å². The predicted octanol–water partition coefficient (Wildman–Crippen LogP) is 4.54. The Bertz CT molecular complexity index is 1440. The van der Waals surface area contributed by atoms with Gasteiger partial charge in [0.1, 0.15) is 11.5 Å². The van der Waals surface area contributed by atoms with Crippen LogP contribution in [0.4, 0.5) is 17.1 Å². The van der Waals surface area contributed by atoms with Crippen molar-refractivity contribution in [1.82, 2.24) is 15.5 Å². The summed E-state index contributed by atoms with van der Waals surface area (Å²) in [6.07, 6.45) is 4.36. The fourth-order valence-electron chi connectivity index (χ4n) is 4.21. The number of methoxy groups -OCH3 is 2. The van der Waals surface area contributed by atoms with Gasteiger partial charge in [-0.3, -0.25) is 15.0 Å². The molecule has 1 aliphatic heterocycles. The van der Waals surface area contributed by atoms with Crippen molar-refractivity contribution in [2.45, 2.75) is 13.0 Å². The number of ether oxygens (including phenoxy) is 2. The summed E-state index contributed by atoms with van der Waals surface area (Å²) in [4.78, 5) is 9.04. The number of anilines is 3. The second-order valence-electron chi connectivity index (χ2n) is 8.45. The molecule has 0 saturated heterocycles. The summed E-state index contributed by atoms with van der Waals surface area (Å²) in [6.45, 7) is 1.27. The summed E-state index contributed by atoms with van der Waals surface area (Å²) in [7, 11) is 3.27. The number of fused-ring (bicyclic) bond motifs is 1. The quantitative estimate of drug-likeness (QED) is 0.310. The standard InChI is InChI=1S/C28H27N7O2/c1-36-23-9-7-20(28(14-23)37-2)17-31-22-8-6-19(16-29)24(13-22)25-15-27-26(18-32-25)33-34-35(27)12-10-21-5-3-4-11-30-21/h3-9,11,13-15,18,31,33-34H,10,12,17H2,1-2H3. The molecule has 0 atom stereocenters. The molecule has 0 aliphatic carbocycles. The molecule has 186 valence electrons. The molecular formula is C28H27N7O2. The highest BCUT2D eigenvalue weighted by Gasteiger charge is 2.21. The van der Waals surface area contributed by atoms with Gasteiger partial charge in [0.25, 0.3) is 0 Å². The molecule has 3 N–H and O–H groups in total. The Morgan fingerprint density at radius 3 is 2.73 bits per heavy atom. The first kappa shape index (κ1) is 23.9. The first-order valence-electron chi connectivity index (χ1n) is 11.9. The maximum atomic E-state index is 9.78. The van der Waals surface area contributed by atoms with Gasteiger partial charge in [0.05, 0.1) is 49.1 Å². The van der Waals surface area contributed by atoms with E-state index in [2.05, 4.69) is 32.3 Å². The van der Waals surface area contributed by atoms with E-state index < -0.39 is 0 Å². The molecule has 0 unspecified atom stereocenters. The molecule has 0 bridgehead atoms. The predicted molar refractivity (Wildman–Crippen MR) is 143 cm³/mol. The van der Waals surface area contributed by atoms with Crippen LogP contribution < -0.4 is 30.8 Å². The van der Waals surface area contributed by atoms with Crippen LogP contribution in [-0.4, -0.2) is 30.7 Å². The van der Waals surface area contributed by atoms with E-state index in [1.54, 1.807) is 26.6 Å². The van der Waals surface area contributed by atoms with E-state index in [1.165, 1.54) is 0 Å². The molecular weight excluding hydrogens is 466 g/mol. The third-order valence-corrected chi connectivity index (χ3v) is 6.21. The summed E-state index contributed by atoms with van der Waals surface area (Å²) < 4.78 is 10.8. The molecule has 0 saturated carbocycles. The molecule has 0 radical (unpaired) electrons. The Morgan fingerprint density at radius 1 is 1.03 bits per heavy atom. The number of pyridine rings is 2. The van der Waals surface area contributed by atoms with Crippen LogP contribution in [0.15, 0.2) is 73.1 Å². The fraction of sp³-hybridized carbons (Fsp3) is 0.179. The highest BCUT2D eigenvalue weighted by atomic mass is 16.5. The second-order valence-corrected chi connectivity index (χ2v) is 8.45. The number of hydrogen-bond donors (Lipinski definition) is 3. The number of hydrazine groups is 2. The highest BCUT2D eigenvalue weighted by Crippen LogP contribution is 2.34. The maximum absolute atomic E-state index is 9.78. The lowest BCUT2D eigenvalue weighted by Crippen LogP contribution is -2.37. The molecule has 4 aromatic rings. The van der Waals surface area contributed by atoms with Crippen LogP contribution in [-0.2, 0) is 13.0 Å². The van der Waals surface area contributed by atoms with Crippen molar-refractivity contribution < 1.29 is 9.47 Å². The molecule has 9 heteroatoms. The van der Waals surface area contributed by atoms with Crippen LogP contribution in [0, 0.1) is 11.3 Å². The number of rotatable bonds is 9. The smallest absolute Gasteiger partial charge is 0.127 e. The molecule has 0 amide bonds. The van der Waals surface area contributed by atoms with Crippen LogP contribution in [0.25, 0.3) is 11.3 Å². The van der Waals surface area contributed by atoms with Crippen molar-refractivity contribution in [3.63, 3.8) is 0 Å². The number of benzene rings is 2. The van der Waals surface area contributed by atoms with Gasteiger partial charge < -0.3 is 20.2 Å². The van der Waals surface area contributed by atoms with Gasteiger partial charge in [-0.1, -0.05) is 6.07 Å². The number of hydrogen-bond acceptors (Lipinski definition) is 9. The first-order chi connectivity index (χ1) is 18.2. The van der Waals surface area contributed by atoms with Gasteiger partial charge in [0.15, 0.2) is 0 Å². The van der Waals surface area contributed by atoms with Gasteiger partial charge in [-0.2, -0.15) is 5.26 Å². The summed E-state index contributed by atoms with van der Waals surface area (Å²) in [6, 6.07) is 21.6. The van der Waals surface area contributed by atoms with E-state index in [0.717, 1.165) is 58.3 Å². The van der Waals surface area contributed by atoms with Crippen molar-refractivity contribution in [2.75, 3.05) is 36.5 Å². The van der Waals surface area contributed by atoms with Gasteiger partial charge in [0.2, 0.25) is 0 Å². The van der Waals surface area contributed by atoms with E-state index in [1.807, 2.05) is 65.7 Å². The average Bonchev–Trinajstić information content (AvgIpc) is 3.37. The minimum absolute atomic E-state index is 0.547. The van der Waals surface area contributed by atoms with E-state index in [0.29, 0.717) is 17.8 Å². The Hall–Kier alpha value is -4.81. The first-order valence-corrected chi connectivity index (χ1v) is 11.9.